The normalized spacial score (nSPS) is 11.1. The zero-order valence-corrected chi connectivity index (χ0v) is 12.1. The number of aromatic nitrogens is 2. The Bertz CT molecular complexity index is 706. The van der Waals surface area contributed by atoms with Crippen LogP contribution < -0.4 is 5.48 Å². The molecule has 0 bridgehead atoms. The highest BCUT2D eigenvalue weighted by Gasteiger charge is 2.08. The van der Waals surface area contributed by atoms with Crippen LogP contribution in [0.3, 0.4) is 0 Å². The van der Waals surface area contributed by atoms with E-state index in [1.54, 1.807) is 0 Å². The van der Waals surface area contributed by atoms with Gasteiger partial charge in [-0.05, 0) is 18.6 Å². The van der Waals surface area contributed by atoms with Gasteiger partial charge in [-0.15, -0.1) is 0 Å². The minimum Gasteiger partial charge on any atom is -0.297 e. The first-order valence-electron chi connectivity index (χ1n) is 7.21. The van der Waals surface area contributed by atoms with E-state index in [0.29, 0.717) is 13.2 Å². The Kier molecular flexibility index (Phi) is 4.28. The molecular formula is C17H19N3O. The van der Waals surface area contributed by atoms with E-state index in [9.17, 15) is 0 Å². The molecule has 4 nitrogen and oxygen atoms in total. The van der Waals surface area contributed by atoms with Gasteiger partial charge < -0.3 is 0 Å². The molecule has 0 spiro atoms. The number of rotatable bonds is 6. The van der Waals surface area contributed by atoms with Gasteiger partial charge in [0.25, 0.3) is 0 Å². The minimum absolute atomic E-state index is 0.549. The van der Waals surface area contributed by atoms with Crippen LogP contribution >= 0.6 is 0 Å². The summed E-state index contributed by atoms with van der Waals surface area (Å²) in [6.45, 7) is 4.11. The van der Waals surface area contributed by atoms with Gasteiger partial charge in [0, 0.05) is 11.9 Å². The van der Waals surface area contributed by atoms with Crippen LogP contribution in [0.25, 0.3) is 10.9 Å². The lowest BCUT2D eigenvalue weighted by Gasteiger charge is -2.04. The highest BCUT2D eigenvalue weighted by molar-refractivity contribution is 5.81. The lowest BCUT2D eigenvalue weighted by atomic mass is 10.2. The summed E-state index contributed by atoms with van der Waals surface area (Å²) in [5.41, 5.74) is 6.33. The summed E-state index contributed by atoms with van der Waals surface area (Å²) in [7, 11) is 0. The van der Waals surface area contributed by atoms with Crippen LogP contribution in [0.2, 0.25) is 0 Å². The second-order valence-electron chi connectivity index (χ2n) is 4.87. The first kappa shape index (κ1) is 13.8. The molecule has 3 aromatic rings. The number of nitrogens with zero attached hydrogens (tertiary/aromatic N) is 2. The van der Waals surface area contributed by atoms with Crippen molar-refractivity contribution >= 4 is 10.9 Å². The van der Waals surface area contributed by atoms with Crippen molar-refractivity contribution in [2.24, 2.45) is 0 Å². The second kappa shape index (κ2) is 6.52. The Morgan fingerprint density at radius 3 is 2.62 bits per heavy atom. The molecule has 21 heavy (non-hydrogen) atoms. The van der Waals surface area contributed by atoms with Crippen molar-refractivity contribution < 1.29 is 4.84 Å². The molecule has 0 radical (unpaired) electrons. The Hall–Kier alpha value is -2.17. The molecule has 0 aliphatic rings. The summed E-state index contributed by atoms with van der Waals surface area (Å²) in [5.74, 6) is 0. The third-order valence-electron chi connectivity index (χ3n) is 3.46. The number of para-hydroxylation sites is 1. The average molecular weight is 281 g/mol. The molecule has 0 saturated heterocycles. The molecule has 0 amide bonds. The van der Waals surface area contributed by atoms with E-state index >= 15 is 0 Å². The number of fused-ring (bicyclic) bond motifs is 1. The van der Waals surface area contributed by atoms with Crippen LogP contribution in [-0.2, 0) is 24.5 Å². The summed E-state index contributed by atoms with van der Waals surface area (Å²) in [5, 5.41) is 5.80. The summed E-state index contributed by atoms with van der Waals surface area (Å²) in [4.78, 5) is 5.52. The summed E-state index contributed by atoms with van der Waals surface area (Å²) >= 11 is 0. The lowest BCUT2D eigenvalue weighted by Crippen LogP contribution is -2.14. The van der Waals surface area contributed by atoms with Crippen molar-refractivity contribution in [3.05, 3.63) is 65.9 Å². The van der Waals surface area contributed by atoms with Crippen molar-refractivity contribution in [1.82, 2.24) is 15.3 Å². The Morgan fingerprint density at radius 1 is 1.05 bits per heavy atom. The predicted octanol–water partition coefficient (Wildman–Crippen LogP) is 3.28. The predicted molar refractivity (Wildman–Crippen MR) is 83.5 cm³/mol. The number of nitrogens with one attached hydrogen (secondary N) is 1. The molecule has 1 aromatic heterocycles. The number of aryl methyl sites for hydroxylation is 1. The third-order valence-corrected chi connectivity index (χ3v) is 3.46. The quantitative estimate of drug-likeness (QED) is 0.556. The molecule has 4 heteroatoms. The van der Waals surface area contributed by atoms with E-state index in [1.807, 2.05) is 47.1 Å². The molecule has 0 fully saturated rings. The topological polar surface area (TPSA) is 39.1 Å². The zero-order chi connectivity index (χ0) is 14.5. The lowest BCUT2D eigenvalue weighted by molar-refractivity contribution is 0.0230. The van der Waals surface area contributed by atoms with E-state index in [-0.39, 0.29) is 0 Å². The van der Waals surface area contributed by atoms with Gasteiger partial charge in [0.2, 0.25) is 0 Å². The van der Waals surface area contributed by atoms with E-state index in [1.165, 1.54) is 10.9 Å². The Labute approximate surface area is 124 Å². The van der Waals surface area contributed by atoms with Crippen molar-refractivity contribution in [3.63, 3.8) is 0 Å². The Balaban J connectivity index is 1.63. The SMILES string of the molecule is CCn1nc(CNOCc2ccccc2)c2ccccc21. The van der Waals surface area contributed by atoms with Crippen molar-refractivity contribution in [2.45, 2.75) is 26.6 Å². The molecule has 1 N–H and O–H groups in total. The van der Waals surface area contributed by atoms with Gasteiger partial charge in [0.15, 0.2) is 0 Å². The van der Waals surface area contributed by atoms with Gasteiger partial charge in [-0.1, -0.05) is 48.5 Å². The third kappa shape index (κ3) is 3.12. The fourth-order valence-electron chi connectivity index (χ4n) is 2.40. The van der Waals surface area contributed by atoms with Crippen molar-refractivity contribution in [3.8, 4) is 0 Å². The highest BCUT2D eigenvalue weighted by atomic mass is 16.6. The fraction of sp³-hybridized carbons (Fsp3) is 0.235. The summed E-state index contributed by atoms with van der Waals surface area (Å²) in [6, 6.07) is 18.4. The van der Waals surface area contributed by atoms with Crippen LogP contribution in [0.1, 0.15) is 18.2 Å². The molecular weight excluding hydrogens is 262 g/mol. The van der Waals surface area contributed by atoms with Crippen LogP contribution in [0.15, 0.2) is 54.6 Å². The fourth-order valence-corrected chi connectivity index (χ4v) is 2.40. The van der Waals surface area contributed by atoms with Gasteiger partial charge in [-0.25, -0.2) is 0 Å². The molecule has 0 aliphatic carbocycles. The molecule has 0 atom stereocenters. The average Bonchev–Trinajstić information content (AvgIpc) is 2.91. The standard InChI is InChI=1S/C17H19N3O/c1-2-20-17-11-7-6-10-15(17)16(19-20)12-18-21-13-14-8-4-3-5-9-14/h3-11,18H,2,12-13H2,1H3. The van der Waals surface area contributed by atoms with Gasteiger partial charge >= 0.3 is 0 Å². The molecule has 0 unspecified atom stereocenters. The van der Waals surface area contributed by atoms with E-state index in [4.69, 9.17) is 4.84 Å². The van der Waals surface area contributed by atoms with Crippen molar-refractivity contribution in [1.29, 1.82) is 0 Å². The molecule has 108 valence electrons. The van der Waals surface area contributed by atoms with Crippen LogP contribution in [0.5, 0.6) is 0 Å². The molecule has 3 rings (SSSR count). The highest BCUT2D eigenvalue weighted by Crippen LogP contribution is 2.18. The van der Waals surface area contributed by atoms with Crippen LogP contribution in [-0.4, -0.2) is 9.78 Å². The van der Waals surface area contributed by atoms with Gasteiger partial charge in [0.1, 0.15) is 0 Å². The second-order valence-corrected chi connectivity index (χ2v) is 4.87. The number of hydrogen-bond donors (Lipinski definition) is 1. The maximum absolute atomic E-state index is 5.52. The molecule has 0 aliphatic heterocycles. The van der Waals surface area contributed by atoms with Gasteiger partial charge in [0.05, 0.1) is 24.4 Å². The largest absolute Gasteiger partial charge is 0.297 e. The first-order valence-corrected chi connectivity index (χ1v) is 7.21. The first-order chi connectivity index (χ1) is 10.4. The number of hydrogen-bond acceptors (Lipinski definition) is 3. The minimum atomic E-state index is 0.549. The van der Waals surface area contributed by atoms with Crippen LogP contribution in [0.4, 0.5) is 0 Å². The summed E-state index contributed by atoms with van der Waals surface area (Å²) < 4.78 is 2.02. The zero-order valence-electron chi connectivity index (χ0n) is 12.1. The summed E-state index contributed by atoms with van der Waals surface area (Å²) in [6.07, 6.45) is 0. The monoisotopic (exact) mass is 281 g/mol. The molecule has 0 saturated carbocycles. The van der Waals surface area contributed by atoms with Gasteiger partial charge in [-0.2, -0.15) is 10.6 Å². The smallest absolute Gasteiger partial charge is 0.0933 e. The maximum Gasteiger partial charge on any atom is 0.0933 e. The maximum atomic E-state index is 5.52. The Morgan fingerprint density at radius 2 is 1.81 bits per heavy atom. The number of hydroxylamine groups is 1. The van der Waals surface area contributed by atoms with Crippen LogP contribution in [0, 0.1) is 0 Å². The molecule has 1 heterocycles. The van der Waals surface area contributed by atoms with E-state index < -0.39 is 0 Å². The van der Waals surface area contributed by atoms with Crippen molar-refractivity contribution in [2.75, 3.05) is 0 Å². The van der Waals surface area contributed by atoms with E-state index in [0.717, 1.165) is 17.8 Å². The molecule has 2 aromatic carbocycles. The van der Waals surface area contributed by atoms with E-state index in [2.05, 4.69) is 29.6 Å². The van der Waals surface area contributed by atoms with Gasteiger partial charge in [-0.3, -0.25) is 9.52 Å². The number of benzene rings is 2.